The fourth-order valence-electron chi connectivity index (χ4n) is 2.90. The molecule has 1 aliphatic heterocycles. The Balaban J connectivity index is 0.00000288. The number of hydrogen-bond donors (Lipinski definition) is 2. The summed E-state index contributed by atoms with van der Waals surface area (Å²) in [5.41, 5.74) is 1.14. The van der Waals surface area contributed by atoms with Crippen molar-refractivity contribution in [3.05, 3.63) is 34.9 Å². The maximum atomic E-state index is 6.01. The van der Waals surface area contributed by atoms with Gasteiger partial charge < -0.3 is 15.4 Å². The van der Waals surface area contributed by atoms with Crippen molar-refractivity contribution in [3.8, 4) is 0 Å². The van der Waals surface area contributed by atoms with E-state index in [1.807, 2.05) is 18.2 Å². The molecule has 2 rings (SSSR count). The third-order valence-electron chi connectivity index (χ3n) is 4.16. The molecule has 1 saturated heterocycles. The summed E-state index contributed by atoms with van der Waals surface area (Å²) in [6.07, 6.45) is 2.48. The SMILES string of the molecule is CN=C(NCc1cccc(Cl)c1)NCC1CCCN1CCOC.I. The van der Waals surface area contributed by atoms with Crippen molar-refractivity contribution in [1.29, 1.82) is 0 Å². The van der Waals surface area contributed by atoms with E-state index in [2.05, 4.69) is 26.6 Å². The Morgan fingerprint density at radius 1 is 1.42 bits per heavy atom. The summed E-state index contributed by atoms with van der Waals surface area (Å²) in [5.74, 6) is 0.823. The van der Waals surface area contributed by atoms with Crippen LogP contribution in [0.5, 0.6) is 0 Å². The van der Waals surface area contributed by atoms with Crippen LogP contribution in [0.3, 0.4) is 0 Å². The highest BCUT2D eigenvalue weighted by Crippen LogP contribution is 2.15. The predicted octanol–water partition coefficient (Wildman–Crippen LogP) is 2.73. The maximum absolute atomic E-state index is 6.01. The van der Waals surface area contributed by atoms with Crippen LogP contribution in [0.2, 0.25) is 5.02 Å². The van der Waals surface area contributed by atoms with E-state index >= 15 is 0 Å². The van der Waals surface area contributed by atoms with Crippen LogP contribution in [-0.2, 0) is 11.3 Å². The molecular formula is C17H28ClIN4O. The standard InChI is InChI=1S/C17H27ClN4O.HI/c1-19-17(20-12-14-5-3-6-15(18)11-14)21-13-16-7-4-8-22(16)9-10-23-2;/h3,5-6,11,16H,4,7-10,12-13H2,1-2H3,(H2,19,20,21);1H. The van der Waals surface area contributed by atoms with Crippen molar-refractivity contribution >= 4 is 41.5 Å². The van der Waals surface area contributed by atoms with Crippen molar-refractivity contribution in [2.24, 2.45) is 4.99 Å². The van der Waals surface area contributed by atoms with E-state index in [4.69, 9.17) is 16.3 Å². The Kier molecular flexibility index (Phi) is 10.6. The molecule has 1 aromatic rings. The van der Waals surface area contributed by atoms with E-state index in [0.717, 1.165) is 42.8 Å². The first-order valence-corrected chi connectivity index (χ1v) is 8.52. The highest BCUT2D eigenvalue weighted by molar-refractivity contribution is 14.0. The lowest BCUT2D eigenvalue weighted by molar-refractivity contribution is 0.141. The summed E-state index contributed by atoms with van der Waals surface area (Å²) in [5, 5.41) is 7.51. The Morgan fingerprint density at radius 3 is 2.96 bits per heavy atom. The molecule has 1 aliphatic rings. The van der Waals surface area contributed by atoms with Gasteiger partial charge in [0.05, 0.1) is 6.61 Å². The quantitative estimate of drug-likeness (QED) is 0.369. The Morgan fingerprint density at radius 2 is 2.25 bits per heavy atom. The number of aliphatic imine (C=N–C) groups is 1. The molecule has 1 unspecified atom stereocenters. The average molecular weight is 467 g/mol. The summed E-state index contributed by atoms with van der Waals surface area (Å²) < 4.78 is 5.19. The van der Waals surface area contributed by atoms with Crippen LogP contribution in [0, 0.1) is 0 Å². The zero-order valence-corrected chi connectivity index (χ0v) is 17.5. The Hall–Kier alpha value is -0.570. The predicted molar refractivity (Wildman–Crippen MR) is 112 cm³/mol. The molecule has 0 aliphatic carbocycles. The number of halogens is 2. The number of rotatable bonds is 7. The second-order valence-electron chi connectivity index (χ2n) is 5.76. The molecule has 24 heavy (non-hydrogen) atoms. The molecule has 1 aromatic carbocycles. The van der Waals surface area contributed by atoms with Crippen LogP contribution in [0.4, 0.5) is 0 Å². The summed E-state index contributed by atoms with van der Waals surface area (Å²) in [7, 11) is 3.55. The fraction of sp³-hybridized carbons (Fsp3) is 0.588. The van der Waals surface area contributed by atoms with E-state index < -0.39 is 0 Å². The molecule has 7 heteroatoms. The number of benzene rings is 1. The van der Waals surface area contributed by atoms with E-state index in [1.165, 1.54) is 12.8 Å². The highest BCUT2D eigenvalue weighted by atomic mass is 127. The number of likely N-dealkylation sites (tertiary alicyclic amines) is 1. The van der Waals surface area contributed by atoms with Crippen LogP contribution in [-0.4, -0.2) is 57.3 Å². The summed E-state index contributed by atoms with van der Waals surface area (Å²) >= 11 is 6.01. The lowest BCUT2D eigenvalue weighted by Crippen LogP contribution is -2.45. The van der Waals surface area contributed by atoms with E-state index in [-0.39, 0.29) is 24.0 Å². The minimum Gasteiger partial charge on any atom is -0.383 e. The second kappa shape index (κ2) is 11.9. The zero-order valence-electron chi connectivity index (χ0n) is 14.4. The van der Waals surface area contributed by atoms with E-state index in [0.29, 0.717) is 12.6 Å². The maximum Gasteiger partial charge on any atom is 0.191 e. The topological polar surface area (TPSA) is 48.9 Å². The first kappa shape index (κ1) is 21.5. The van der Waals surface area contributed by atoms with Crippen LogP contribution in [0.25, 0.3) is 0 Å². The first-order chi connectivity index (χ1) is 11.2. The van der Waals surface area contributed by atoms with Gasteiger partial charge in [0, 0.05) is 44.9 Å². The van der Waals surface area contributed by atoms with Gasteiger partial charge in [-0.1, -0.05) is 23.7 Å². The lowest BCUT2D eigenvalue weighted by atomic mass is 10.2. The second-order valence-corrected chi connectivity index (χ2v) is 6.20. The zero-order chi connectivity index (χ0) is 16.5. The number of guanidine groups is 1. The van der Waals surface area contributed by atoms with Crippen molar-refractivity contribution in [2.75, 3.05) is 40.4 Å². The van der Waals surface area contributed by atoms with E-state index in [9.17, 15) is 0 Å². The third kappa shape index (κ3) is 7.13. The first-order valence-electron chi connectivity index (χ1n) is 8.15. The van der Waals surface area contributed by atoms with Gasteiger partial charge in [0.2, 0.25) is 0 Å². The normalized spacial score (nSPS) is 18.3. The molecule has 0 radical (unpaired) electrons. The van der Waals surface area contributed by atoms with Crippen molar-refractivity contribution in [2.45, 2.75) is 25.4 Å². The van der Waals surface area contributed by atoms with Crippen LogP contribution in [0.1, 0.15) is 18.4 Å². The molecule has 5 nitrogen and oxygen atoms in total. The van der Waals surface area contributed by atoms with Gasteiger partial charge in [-0.25, -0.2) is 0 Å². The molecule has 1 atom stereocenters. The number of hydrogen-bond acceptors (Lipinski definition) is 3. The van der Waals surface area contributed by atoms with Gasteiger partial charge >= 0.3 is 0 Å². The van der Waals surface area contributed by atoms with Gasteiger partial charge in [0.15, 0.2) is 5.96 Å². The minimum absolute atomic E-state index is 0. The van der Waals surface area contributed by atoms with Crippen LogP contribution < -0.4 is 10.6 Å². The molecule has 136 valence electrons. The minimum atomic E-state index is 0. The lowest BCUT2D eigenvalue weighted by Gasteiger charge is -2.25. The summed E-state index contributed by atoms with van der Waals surface area (Å²) in [4.78, 5) is 6.78. The monoisotopic (exact) mass is 466 g/mol. The van der Waals surface area contributed by atoms with Crippen molar-refractivity contribution in [1.82, 2.24) is 15.5 Å². The number of ether oxygens (including phenoxy) is 1. The molecule has 1 fully saturated rings. The molecule has 0 bridgehead atoms. The molecular weight excluding hydrogens is 439 g/mol. The number of nitrogens with one attached hydrogen (secondary N) is 2. The van der Waals surface area contributed by atoms with Gasteiger partial charge in [-0.05, 0) is 37.1 Å². The largest absolute Gasteiger partial charge is 0.383 e. The van der Waals surface area contributed by atoms with Gasteiger partial charge in [-0.2, -0.15) is 0 Å². The molecule has 2 N–H and O–H groups in total. The molecule has 1 heterocycles. The number of methoxy groups -OCH3 is 1. The van der Waals surface area contributed by atoms with Gasteiger partial charge in [-0.15, -0.1) is 24.0 Å². The fourth-order valence-corrected chi connectivity index (χ4v) is 3.11. The molecule has 0 amide bonds. The van der Waals surface area contributed by atoms with Crippen LogP contribution >= 0.6 is 35.6 Å². The Labute approximate surface area is 167 Å². The molecule has 0 saturated carbocycles. The van der Waals surface area contributed by atoms with Crippen LogP contribution in [0.15, 0.2) is 29.3 Å². The average Bonchev–Trinajstić information content (AvgIpc) is 3.00. The van der Waals surface area contributed by atoms with Crippen molar-refractivity contribution in [3.63, 3.8) is 0 Å². The van der Waals surface area contributed by atoms with Gasteiger partial charge in [0.1, 0.15) is 0 Å². The van der Waals surface area contributed by atoms with Gasteiger partial charge in [0.25, 0.3) is 0 Å². The van der Waals surface area contributed by atoms with Crippen molar-refractivity contribution < 1.29 is 4.74 Å². The smallest absolute Gasteiger partial charge is 0.191 e. The number of nitrogens with zero attached hydrogens (tertiary/aromatic N) is 2. The van der Waals surface area contributed by atoms with E-state index in [1.54, 1.807) is 14.2 Å². The summed E-state index contributed by atoms with van der Waals surface area (Å²) in [6.45, 7) is 4.55. The molecule has 0 aromatic heterocycles. The third-order valence-corrected chi connectivity index (χ3v) is 4.39. The van der Waals surface area contributed by atoms with Gasteiger partial charge in [-0.3, -0.25) is 9.89 Å². The Bertz CT molecular complexity index is 515. The molecule has 0 spiro atoms. The summed E-state index contributed by atoms with van der Waals surface area (Å²) in [6, 6.07) is 8.41. The highest BCUT2D eigenvalue weighted by Gasteiger charge is 2.23.